The summed E-state index contributed by atoms with van der Waals surface area (Å²) in [6.07, 6.45) is 3.66. The smallest absolute Gasteiger partial charge is 0.119 e. The number of nitrogens with one attached hydrogen (secondary N) is 1. The topological polar surface area (TPSA) is 34.1 Å². The van der Waals surface area contributed by atoms with Gasteiger partial charge in [-0.3, -0.25) is 4.98 Å². The maximum absolute atomic E-state index is 5.48. The minimum absolute atomic E-state index is 0.695. The van der Waals surface area contributed by atoms with Gasteiger partial charge in [-0.25, -0.2) is 0 Å². The highest BCUT2D eigenvalue weighted by Crippen LogP contribution is 2.13. The number of nitrogens with zero attached hydrogens (tertiary/aromatic N) is 1. The lowest BCUT2D eigenvalue weighted by Crippen LogP contribution is -2.12. The van der Waals surface area contributed by atoms with Crippen molar-refractivity contribution in [2.45, 2.75) is 20.0 Å². The fourth-order valence-electron chi connectivity index (χ4n) is 1.82. The van der Waals surface area contributed by atoms with Crippen molar-refractivity contribution in [3.63, 3.8) is 0 Å². The van der Waals surface area contributed by atoms with Crippen molar-refractivity contribution >= 4 is 15.9 Å². The van der Waals surface area contributed by atoms with Gasteiger partial charge in [-0.2, -0.15) is 0 Å². The van der Waals surface area contributed by atoms with Crippen molar-refractivity contribution in [3.05, 3.63) is 58.3 Å². The van der Waals surface area contributed by atoms with E-state index in [2.05, 4.69) is 44.4 Å². The largest absolute Gasteiger partial charge is 0.494 e. The van der Waals surface area contributed by atoms with Crippen LogP contribution in [0.3, 0.4) is 0 Å². The van der Waals surface area contributed by atoms with Gasteiger partial charge in [-0.05, 0) is 52.2 Å². The van der Waals surface area contributed by atoms with E-state index >= 15 is 0 Å². The normalized spacial score (nSPS) is 10.4. The third-order valence-electron chi connectivity index (χ3n) is 2.63. The van der Waals surface area contributed by atoms with Crippen LogP contribution in [0.5, 0.6) is 5.75 Å². The van der Waals surface area contributed by atoms with Gasteiger partial charge in [0.15, 0.2) is 0 Å². The molecule has 2 aromatic rings. The standard InChI is InChI=1S/C15H17BrN2O/c1-2-19-15-5-3-4-12(7-15)8-17-9-13-6-14(16)11-18-10-13/h3-7,10-11,17H,2,8-9H2,1H3. The van der Waals surface area contributed by atoms with Gasteiger partial charge in [0.2, 0.25) is 0 Å². The summed E-state index contributed by atoms with van der Waals surface area (Å²) < 4.78 is 6.49. The number of rotatable bonds is 6. The van der Waals surface area contributed by atoms with E-state index in [0.29, 0.717) is 6.61 Å². The predicted octanol–water partition coefficient (Wildman–Crippen LogP) is 3.53. The molecule has 1 heterocycles. The summed E-state index contributed by atoms with van der Waals surface area (Å²) in [4.78, 5) is 4.14. The number of benzene rings is 1. The summed E-state index contributed by atoms with van der Waals surface area (Å²) in [6.45, 7) is 4.30. The Balaban J connectivity index is 1.87. The molecule has 0 aliphatic heterocycles. The van der Waals surface area contributed by atoms with E-state index in [9.17, 15) is 0 Å². The molecule has 2 rings (SSSR count). The lowest BCUT2D eigenvalue weighted by molar-refractivity contribution is 0.340. The first-order valence-electron chi connectivity index (χ1n) is 6.30. The highest BCUT2D eigenvalue weighted by atomic mass is 79.9. The third-order valence-corrected chi connectivity index (χ3v) is 3.06. The Labute approximate surface area is 122 Å². The van der Waals surface area contributed by atoms with Crippen LogP contribution in [0.25, 0.3) is 0 Å². The first-order valence-corrected chi connectivity index (χ1v) is 7.09. The minimum atomic E-state index is 0.695. The van der Waals surface area contributed by atoms with Crippen molar-refractivity contribution in [1.82, 2.24) is 10.3 Å². The highest BCUT2D eigenvalue weighted by molar-refractivity contribution is 9.10. The molecule has 0 spiro atoms. The zero-order valence-electron chi connectivity index (χ0n) is 10.9. The van der Waals surface area contributed by atoms with Gasteiger partial charge in [0.1, 0.15) is 5.75 Å². The Hall–Kier alpha value is -1.39. The molecule has 19 heavy (non-hydrogen) atoms. The molecule has 0 bridgehead atoms. The molecule has 3 nitrogen and oxygen atoms in total. The molecule has 1 N–H and O–H groups in total. The quantitative estimate of drug-likeness (QED) is 0.884. The molecule has 0 amide bonds. The van der Waals surface area contributed by atoms with Crippen LogP contribution in [0.4, 0.5) is 0 Å². The van der Waals surface area contributed by atoms with Crippen molar-refractivity contribution in [3.8, 4) is 5.75 Å². The number of hydrogen-bond acceptors (Lipinski definition) is 3. The van der Waals surface area contributed by atoms with Gasteiger partial charge < -0.3 is 10.1 Å². The molecule has 0 aliphatic rings. The van der Waals surface area contributed by atoms with Crippen LogP contribution in [0.1, 0.15) is 18.1 Å². The number of ether oxygens (including phenoxy) is 1. The van der Waals surface area contributed by atoms with Gasteiger partial charge >= 0.3 is 0 Å². The molecule has 1 aromatic carbocycles. The Morgan fingerprint density at radius 3 is 2.79 bits per heavy atom. The molecule has 4 heteroatoms. The summed E-state index contributed by atoms with van der Waals surface area (Å²) in [6, 6.07) is 10.2. The van der Waals surface area contributed by atoms with Crippen LogP contribution < -0.4 is 10.1 Å². The van der Waals surface area contributed by atoms with E-state index in [1.165, 1.54) is 5.56 Å². The molecule has 0 radical (unpaired) electrons. The van der Waals surface area contributed by atoms with Crippen LogP contribution in [0, 0.1) is 0 Å². The number of hydrogen-bond donors (Lipinski definition) is 1. The van der Waals surface area contributed by atoms with E-state index in [1.807, 2.05) is 25.3 Å². The van der Waals surface area contributed by atoms with Crippen LogP contribution in [0.2, 0.25) is 0 Å². The Morgan fingerprint density at radius 1 is 1.16 bits per heavy atom. The van der Waals surface area contributed by atoms with Crippen LogP contribution in [0.15, 0.2) is 47.2 Å². The van der Waals surface area contributed by atoms with Crippen LogP contribution in [-0.4, -0.2) is 11.6 Å². The fourth-order valence-corrected chi connectivity index (χ4v) is 2.23. The zero-order valence-corrected chi connectivity index (χ0v) is 12.5. The maximum atomic E-state index is 5.48. The van der Waals surface area contributed by atoms with Gasteiger partial charge in [0, 0.05) is 30.0 Å². The van der Waals surface area contributed by atoms with E-state index in [4.69, 9.17) is 4.74 Å². The Morgan fingerprint density at radius 2 is 2.00 bits per heavy atom. The molecule has 0 saturated heterocycles. The minimum Gasteiger partial charge on any atom is -0.494 e. The average molecular weight is 321 g/mol. The van der Waals surface area contributed by atoms with E-state index in [0.717, 1.165) is 28.9 Å². The maximum Gasteiger partial charge on any atom is 0.119 e. The van der Waals surface area contributed by atoms with E-state index in [1.54, 1.807) is 6.20 Å². The van der Waals surface area contributed by atoms with E-state index in [-0.39, 0.29) is 0 Å². The van der Waals surface area contributed by atoms with Crippen molar-refractivity contribution < 1.29 is 4.74 Å². The van der Waals surface area contributed by atoms with Gasteiger partial charge in [0.25, 0.3) is 0 Å². The third kappa shape index (κ3) is 4.65. The highest BCUT2D eigenvalue weighted by Gasteiger charge is 1.98. The summed E-state index contributed by atoms with van der Waals surface area (Å²) in [7, 11) is 0. The van der Waals surface area contributed by atoms with Crippen LogP contribution in [-0.2, 0) is 13.1 Å². The number of aromatic nitrogens is 1. The molecular formula is C15H17BrN2O. The molecular weight excluding hydrogens is 304 g/mol. The molecule has 0 fully saturated rings. The first-order chi connectivity index (χ1) is 9.28. The van der Waals surface area contributed by atoms with Gasteiger partial charge in [-0.1, -0.05) is 12.1 Å². The average Bonchev–Trinajstić information content (AvgIpc) is 2.40. The Kier molecular flexibility index (Phi) is 5.36. The lowest BCUT2D eigenvalue weighted by atomic mass is 10.2. The Bertz CT molecular complexity index is 531. The monoisotopic (exact) mass is 320 g/mol. The molecule has 0 unspecified atom stereocenters. The first kappa shape index (κ1) is 14.0. The summed E-state index contributed by atoms with van der Waals surface area (Å²) in [5.74, 6) is 0.922. The summed E-state index contributed by atoms with van der Waals surface area (Å²) in [5, 5.41) is 3.40. The summed E-state index contributed by atoms with van der Waals surface area (Å²) in [5.41, 5.74) is 2.38. The second kappa shape index (κ2) is 7.26. The second-order valence-electron chi connectivity index (χ2n) is 4.20. The molecule has 100 valence electrons. The van der Waals surface area contributed by atoms with Crippen molar-refractivity contribution in [2.24, 2.45) is 0 Å². The summed E-state index contributed by atoms with van der Waals surface area (Å²) >= 11 is 3.42. The van der Waals surface area contributed by atoms with Crippen molar-refractivity contribution in [2.75, 3.05) is 6.61 Å². The van der Waals surface area contributed by atoms with E-state index < -0.39 is 0 Å². The van der Waals surface area contributed by atoms with Crippen molar-refractivity contribution in [1.29, 1.82) is 0 Å². The molecule has 1 aromatic heterocycles. The van der Waals surface area contributed by atoms with Gasteiger partial charge in [0.05, 0.1) is 6.61 Å². The SMILES string of the molecule is CCOc1cccc(CNCc2cncc(Br)c2)c1. The number of halogens is 1. The molecule has 0 aliphatic carbocycles. The van der Waals surface area contributed by atoms with Gasteiger partial charge in [-0.15, -0.1) is 0 Å². The molecule has 0 atom stereocenters. The number of pyridine rings is 1. The fraction of sp³-hybridized carbons (Fsp3) is 0.267. The zero-order chi connectivity index (χ0) is 13.5. The second-order valence-corrected chi connectivity index (χ2v) is 5.11. The lowest BCUT2D eigenvalue weighted by Gasteiger charge is -2.07. The molecule has 0 saturated carbocycles. The van der Waals surface area contributed by atoms with Crippen LogP contribution >= 0.6 is 15.9 Å². The predicted molar refractivity (Wildman–Crippen MR) is 80.1 cm³/mol.